The van der Waals surface area contributed by atoms with E-state index in [2.05, 4.69) is 32.0 Å². The molecule has 7 heteroatoms. The van der Waals surface area contributed by atoms with Crippen molar-refractivity contribution in [2.45, 2.75) is 19.4 Å². The molecular formula is C25H21N6O+. The van der Waals surface area contributed by atoms with E-state index in [1.165, 1.54) is 4.52 Å². The fourth-order valence-electron chi connectivity index (χ4n) is 4.22. The molecule has 0 saturated carbocycles. The molecule has 1 aliphatic heterocycles. The highest BCUT2D eigenvalue weighted by atomic mass is 16.1. The third kappa shape index (κ3) is 3.10. The molecule has 4 aromatic rings. The van der Waals surface area contributed by atoms with Gasteiger partial charge < -0.3 is 11.1 Å². The normalized spacial score (nSPS) is 13.6. The van der Waals surface area contributed by atoms with Crippen molar-refractivity contribution >= 4 is 34.5 Å². The van der Waals surface area contributed by atoms with Crippen molar-refractivity contribution in [3.63, 3.8) is 0 Å². The van der Waals surface area contributed by atoms with Crippen LogP contribution in [0.3, 0.4) is 0 Å². The first-order chi connectivity index (χ1) is 15.6. The number of anilines is 1. The Kier molecular flexibility index (Phi) is 4.68. The number of nitrogen functional groups attached to an aromatic ring is 1. The highest BCUT2D eigenvalue weighted by Gasteiger charge is 2.37. The minimum atomic E-state index is -0.322. The SMILES string of the molecule is C#Cc1cccc2c1[N+](c1ccccc1)=C([C@@H](C)NC(=O)c1c(N)nn3cccnc13)C2. The summed E-state index contributed by atoms with van der Waals surface area (Å²) in [6.07, 6.45) is 9.80. The van der Waals surface area contributed by atoms with Gasteiger partial charge in [0.1, 0.15) is 11.6 Å². The van der Waals surface area contributed by atoms with Crippen LogP contribution >= 0.6 is 0 Å². The number of fused-ring (bicyclic) bond motifs is 2. The molecule has 0 bridgehead atoms. The molecule has 3 N–H and O–H groups in total. The van der Waals surface area contributed by atoms with Crippen molar-refractivity contribution in [1.29, 1.82) is 0 Å². The van der Waals surface area contributed by atoms with Crippen LogP contribution in [0, 0.1) is 12.3 Å². The molecule has 3 heterocycles. The van der Waals surface area contributed by atoms with E-state index in [-0.39, 0.29) is 23.3 Å². The number of nitrogens with zero attached hydrogens (tertiary/aromatic N) is 4. The van der Waals surface area contributed by atoms with Gasteiger partial charge in [-0.05, 0) is 19.1 Å². The fraction of sp³-hybridized carbons (Fsp3) is 0.120. The number of carbonyl (C=O) groups excluding carboxylic acids is 1. The Balaban J connectivity index is 1.57. The number of aromatic nitrogens is 3. The Labute approximate surface area is 185 Å². The van der Waals surface area contributed by atoms with Crippen LogP contribution in [-0.2, 0) is 6.42 Å². The first-order valence-corrected chi connectivity index (χ1v) is 10.3. The Hall–Kier alpha value is -4.44. The summed E-state index contributed by atoms with van der Waals surface area (Å²) in [4.78, 5) is 17.5. The standard InChI is InChI=1S/C25H20N6O/c1-3-17-9-7-10-18-15-20(31(22(17)18)19-11-5-4-6-12-19)16(2)28-25(32)21-23(26)29-30-14-8-13-27-24(21)30/h1,4-14,16H,15H2,2H3,(H2-,26,28,29,32)/p+1/t16-/m1/s1. The van der Waals surface area contributed by atoms with E-state index in [1.807, 2.05) is 49.4 Å². The van der Waals surface area contributed by atoms with Gasteiger partial charge in [-0.2, -0.15) is 4.58 Å². The zero-order valence-corrected chi connectivity index (χ0v) is 17.5. The molecule has 1 aliphatic rings. The van der Waals surface area contributed by atoms with E-state index >= 15 is 0 Å². The molecule has 5 rings (SSSR count). The number of benzene rings is 2. The van der Waals surface area contributed by atoms with Crippen molar-refractivity contribution in [3.05, 3.63) is 83.7 Å². The lowest BCUT2D eigenvalue weighted by Crippen LogP contribution is -2.41. The van der Waals surface area contributed by atoms with Crippen LogP contribution in [-0.4, -0.2) is 32.3 Å². The molecule has 2 aromatic carbocycles. The van der Waals surface area contributed by atoms with Crippen LogP contribution in [0.5, 0.6) is 0 Å². The van der Waals surface area contributed by atoms with Gasteiger partial charge in [0.25, 0.3) is 5.91 Å². The lowest BCUT2D eigenvalue weighted by atomic mass is 10.0. The molecule has 0 aliphatic carbocycles. The van der Waals surface area contributed by atoms with Gasteiger partial charge in [-0.25, -0.2) is 9.50 Å². The second-order valence-electron chi connectivity index (χ2n) is 7.64. The third-order valence-corrected chi connectivity index (χ3v) is 5.67. The van der Waals surface area contributed by atoms with E-state index < -0.39 is 0 Å². The van der Waals surface area contributed by atoms with Crippen LogP contribution in [0.25, 0.3) is 5.65 Å². The second-order valence-corrected chi connectivity index (χ2v) is 7.64. The van der Waals surface area contributed by atoms with Crippen molar-refractivity contribution in [2.24, 2.45) is 0 Å². The van der Waals surface area contributed by atoms with Gasteiger partial charge in [0, 0.05) is 30.1 Å². The van der Waals surface area contributed by atoms with Crippen molar-refractivity contribution in [1.82, 2.24) is 24.5 Å². The van der Waals surface area contributed by atoms with Crippen LogP contribution in [0.15, 0.2) is 67.0 Å². The maximum Gasteiger partial charge on any atom is 0.259 e. The lowest BCUT2D eigenvalue weighted by molar-refractivity contribution is 0.0951. The van der Waals surface area contributed by atoms with Gasteiger partial charge >= 0.3 is 0 Å². The smallest absolute Gasteiger partial charge is 0.259 e. The van der Waals surface area contributed by atoms with Crippen LogP contribution in [0.2, 0.25) is 0 Å². The first kappa shape index (κ1) is 19.5. The van der Waals surface area contributed by atoms with Gasteiger partial charge in [-0.3, -0.25) is 4.79 Å². The molecule has 0 saturated heterocycles. The number of hydrogen-bond acceptors (Lipinski definition) is 4. The second kappa shape index (κ2) is 7.67. The van der Waals surface area contributed by atoms with E-state index in [0.29, 0.717) is 12.1 Å². The summed E-state index contributed by atoms with van der Waals surface area (Å²) in [5.74, 6) is 2.62. The summed E-state index contributed by atoms with van der Waals surface area (Å²) in [6, 6.07) is 17.4. The molecule has 0 spiro atoms. The maximum atomic E-state index is 13.2. The van der Waals surface area contributed by atoms with Gasteiger partial charge in [-0.1, -0.05) is 36.3 Å². The molecule has 7 nitrogen and oxygen atoms in total. The molecule has 0 fully saturated rings. The van der Waals surface area contributed by atoms with Crippen molar-refractivity contribution < 1.29 is 4.79 Å². The molecule has 32 heavy (non-hydrogen) atoms. The van der Waals surface area contributed by atoms with E-state index in [1.54, 1.807) is 18.5 Å². The van der Waals surface area contributed by atoms with Gasteiger partial charge in [0.2, 0.25) is 11.4 Å². The van der Waals surface area contributed by atoms with Gasteiger partial charge in [-0.15, -0.1) is 11.5 Å². The molecule has 2 aromatic heterocycles. The molecule has 156 valence electrons. The van der Waals surface area contributed by atoms with E-state index in [4.69, 9.17) is 12.2 Å². The number of amides is 1. The Morgan fingerprint density at radius 2 is 2.03 bits per heavy atom. The summed E-state index contributed by atoms with van der Waals surface area (Å²) in [7, 11) is 0. The summed E-state index contributed by atoms with van der Waals surface area (Å²) in [5, 5.41) is 7.27. The average molecular weight is 421 g/mol. The molecular weight excluding hydrogens is 400 g/mol. The minimum Gasteiger partial charge on any atom is -0.381 e. The fourth-order valence-corrected chi connectivity index (χ4v) is 4.22. The summed E-state index contributed by atoms with van der Waals surface area (Å²) in [6.45, 7) is 1.96. The lowest BCUT2D eigenvalue weighted by Gasteiger charge is -2.13. The predicted molar refractivity (Wildman–Crippen MR) is 125 cm³/mol. The quantitative estimate of drug-likeness (QED) is 0.392. The number of rotatable bonds is 4. The van der Waals surface area contributed by atoms with E-state index in [0.717, 1.165) is 28.2 Å². The largest absolute Gasteiger partial charge is 0.381 e. The number of hydrogen-bond donors (Lipinski definition) is 2. The Morgan fingerprint density at radius 3 is 2.81 bits per heavy atom. The summed E-state index contributed by atoms with van der Waals surface area (Å²) in [5.41, 5.74) is 11.7. The number of nitrogens with two attached hydrogens (primary N) is 1. The minimum absolute atomic E-state index is 0.141. The Morgan fingerprint density at radius 1 is 1.22 bits per heavy atom. The molecule has 0 radical (unpaired) electrons. The Bertz CT molecular complexity index is 1430. The van der Waals surface area contributed by atoms with E-state index in [9.17, 15) is 4.79 Å². The molecule has 1 amide bonds. The summed E-state index contributed by atoms with van der Waals surface area (Å²) >= 11 is 0. The molecule has 0 unspecified atom stereocenters. The van der Waals surface area contributed by atoms with Crippen molar-refractivity contribution in [3.8, 4) is 12.3 Å². The third-order valence-electron chi connectivity index (χ3n) is 5.67. The zero-order chi connectivity index (χ0) is 22.2. The highest BCUT2D eigenvalue weighted by molar-refractivity contribution is 6.08. The highest BCUT2D eigenvalue weighted by Crippen LogP contribution is 2.34. The number of carbonyl (C=O) groups is 1. The number of terminal acetylenes is 1. The van der Waals surface area contributed by atoms with Crippen LogP contribution in [0.1, 0.15) is 28.4 Å². The predicted octanol–water partition coefficient (Wildman–Crippen LogP) is 2.94. The number of para-hydroxylation sites is 2. The summed E-state index contributed by atoms with van der Waals surface area (Å²) < 4.78 is 3.65. The van der Waals surface area contributed by atoms with Gasteiger partial charge in [0.15, 0.2) is 17.2 Å². The topological polar surface area (TPSA) is 88.3 Å². The molecule has 1 atom stereocenters. The van der Waals surface area contributed by atoms with Crippen LogP contribution < -0.4 is 15.6 Å². The van der Waals surface area contributed by atoms with Crippen LogP contribution in [0.4, 0.5) is 17.2 Å². The monoisotopic (exact) mass is 421 g/mol. The van der Waals surface area contributed by atoms with Crippen molar-refractivity contribution in [2.75, 3.05) is 5.73 Å². The van der Waals surface area contributed by atoms with Gasteiger partial charge in [0.05, 0.1) is 12.0 Å². The average Bonchev–Trinajstić information content (AvgIpc) is 3.36. The zero-order valence-electron chi connectivity index (χ0n) is 17.5. The number of nitrogens with one attached hydrogen (secondary N) is 1. The maximum absolute atomic E-state index is 13.2. The first-order valence-electron chi connectivity index (χ1n) is 10.3.